The van der Waals surface area contributed by atoms with Gasteiger partial charge in [0.25, 0.3) is 0 Å². The maximum atomic E-state index is 13.3. The van der Waals surface area contributed by atoms with Gasteiger partial charge in [0, 0.05) is 19.1 Å². The maximum Gasteiger partial charge on any atom is 0.221 e. The number of para-hydroxylation sites is 2. The van der Waals surface area contributed by atoms with Crippen LogP contribution < -0.4 is 15.8 Å². The van der Waals surface area contributed by atoms with Crippen molar-refractivity contribution >= 4 is 17.3 Å². The summed E-state index contributed by atoms with van der Waals surface area (Å²) < 4.78 is 31.9. The Kier molecular flexibility index (Phi) is 3.84. The van der Waals surface area contributed by atoms with Crippen molar-refractivity contribution < 1.29 is 18.3 Å². The molecule has 0 aliphatic heterocycles. The number of carbonyl (C=O) groups excluding carboxylic acids is 1. The van der Waals surface area contributed by atoms with Gasteiger partial charge in [0.05, 0.1) is 5.69 Å². The second-order valence-corrected chi connectivity index (χ2v) is 4.08. The molecule has 0 fully saturated rings. The topological polar surface area (TPSA) is 64.3 Å². The molecule has 6 heteroatoms. The molecule has 0 aliphatic carbocycles. The van der Waals surface area contributed by atoms with Crippen LogP contribution in [0.5, 0.6) is 11.5 Å². The molecule has 0 aromatic heterocycles. The second kappa shape index (κ2) is 5.56. The Bertz CT molecular complexity index is 660. The zero-order valence-electron chi connectivity index (χ0n) is 10.6. The minimum atomic E-state index is -0.906. The minimum Gasteiger partial charge on any atom is -0.453 e. The first kappa shape index (κ1) is 13.8. The molecule has 104 valence electrons. The van der Waals surface area contributed by atoms with Gasteiger partial charge in [-0.3, -0.25) is 4.79 Å². The molecule has 0 saturated heterocycles. The van der Waals surface area contributed by atoms with Gasteiger partial charge >= 0.3 is 0 Å². The Morgan fingerprint density at radius 2 is 1.90 bits per heavy atom. The summed E-state index contributed by atoms with van der Waals surface area (Å²) in [5.41, 5.74) is 5.57. The molecule has 20 heavy (non-hydrogen) atoms. The predicted octanol–water partition coefficient (Wildman–Crippen LogP) is 3.30. The molecule has 2 rings (SSSR count). The summed E-state index contributed by atoms with van der Waals surface area (Å²) in [5.74, 6) is -1.92. The summed E-state index contributed by atoms with van der Waals surface area (Å²) in [6.45, 7) is 1.34. The summed E-state index contributed by atoms with van der Waals surface area (Å²) in [6, 6.07) is 8.14. The summed E-state index contributed by atoms with van der Waals surface area (Å²) in [7, 11) is 0. The molecule has 3 N–H and O–H groups in total. The zero-order chi connectivity index (χ0) is 14.7. The van der Waals surface area contributed by atoms with Crippen LogP contribution in [0, 0.1) is 11.6 Å². The molecule has 0 aliphatic rings. The summed E-state index contributed by atoms with van der Waals surface area (Å²) in [4.78, 5) is 11.1. The Labute approximate surface area is 114 Å². The molecule has 0 radical (unpaired) electrons. The molecule has 0 bridgehead atoms. The lowest BCUT2D eigenvalue weighted by molar-refractivity contribution is -0.114. The molecule has 0 unspecified atom stereocenters. The number of rotatable bonds is 3. The quantitative estimate of drug-likeness (QED) is 0.847. The monoisotopic (exact) mass is 278 g/mol. The second-order valence-electron chi connectivity index (χ2n) is 4.08. The van der Waals surface area contributed by atoms with Crippen LogP contribution in [0.1, 0.15) is 6.92 Å². The van der Waals surface area contributed by atoms with Crippen molar-refractivity contribution in [2.24, 2.45) is 0 Å². The number of halogens is 2. The largest absolute Gasteiger partial charge is 0.453 e. The van der Waals surface area contributed by atoms with E-state index in [9.17, 15) is 13.6 Å². The van der Waals surface area contributed by atoms with Crippen LogP contribution in [0.2, 0.25) is 0 Å². The first-order chi connectivity index (χ1) is 9.47. The molecule has 0 saturated carbocycles. The van der Waals surface area contributed by atoms with Gasteiger partial charge in [-0.1, -0.05) is 12.1 Å². The van der Waals surface area contributed by atoms with E-state index in [1.165, 1.54) is 6.92 Å². The Morgan fingerprint density at radius 1 is 1.20 bits per heavy atom. The number of anilines is 2. The molecule has 4 nitrogen and oxygen atoms in total. The Morgan fingerprint density at radius 3 is 2.60 bits per heavy atom. The fourth-order valence-electron chi connectivity index (χ4n) is 1.61. The molecule has 0 atom stereocenters. The Hall–Kier alpha value is -2.63. The lowest BCUT2D eigenvalue weighted by Gasteiger charge is -2.13. The molecule has 2 aromatic carbocycles. The van der Waals surface area contributed by atoms with Crippen LogP contribution >= 0.6 is 0 Å². The van der Waals surface area contributed by atoms with E-state index in [4.69, 9.17) is 10.5 Å². The molecule has 0 spiro atoms. The van der Waals surface area contributed by atoms with Crippen molar-refractivity contribution in [2.75, 3.05) is 11.1 Å². The number of benzene rings is 2. The molecule has 1 amide bonds. The SMILES string of the molecule is CC(=O)Nc1ccccc1Oc1cc(F)cc(F)c1N. The molecule has 2 aromatic rings. The maximum absolute atomic E-state index is 13.3. The fourth-order valence-corrected chi connectivity index (χ4v) is 1.61. The van der Waals surface area contributed by atoms with Gasteiger partial charge in [-0.25, -0.2) is 8.78 Å². The highest BCUT2D eigenvalue weighted by atomic mass is 19.1. The van der Waals surface area contributed by atoms with Crippen molar-refractivity contribution in [1.82, 2.24) is 0 Å². The van der Waals surface area contributed by atoms with Crippen LogP contribution in [0.15, 0.2) is 36.4 Å². The Balaban J connectivity index is 2.37. The van der Waals surface area contributed by atoms with Crippen molar-refractivity contribution in [3.63, 3.8) is 0 Å². The van der Waals surface area contributed by atoms with Gasteiger partial charge in [0.1, 0.15) is 11.5 Å². The van der Waals surface area contributed by atoms with E-state index in [1.54, 1.807) is 24.3 Å². The lowest BCUT2D eigenvalue weighted by Crippen LogP contribution is -2.07. The van der Waals surface area contributed by atoms with E-state index in [1.807, 2.05) is 0 Å². The van der Waals surface area contributed by atoms with Gasteiger partial charge in [-0.15, -0.1) is 0 Å². The van der Waals surface area contributed by atoms with Crippen LogP contribution in [-0.2, 0) is 4.79 Å². The lowest BCUT2D eigenvalue weighted by atomic mass is 10.2. The summed E-state index contributed by atoms with van der Waals surface area (Å²) in [6.07, 6.45) is 0. The highest BCUT2D eigenvalue weighted by Crippen LogP contribution is 2.34. The van der Waals surface area contributed by atoms with E-state index >= 15 is 0 Å². The summed E-state index contributed by atoms with van der Waals surface area (Å²) in [5, 5.41) is 2.55. The van der Waals surface area contributed by atoms with E-state index in [-0.39, 0.29) is 23.1 Å². The van der Waals surface area contributed by atoms with Crippen LogP contribution in [-0.4, -0.2) is 5.91 Å². The third-order valence-electron chi connectivity index (χ3n) is 2.47. The van der Waals surface area contributed by atoms with Gasteiger partial charge in [0.2, 0.25) is 5.91 Å². The molecule has 0 heterocycles. The predicted molar refractivity (Wildman–Crippen MR) is 71.6 cm³/mol. The smallest absolute Gasteiger partial charge is 0.221 e. The highest BCUT2D eigenvalue weighted by Gasteiger charge is 2.12. The van der Waals surface area contributed by atoms with Gasteiger partial charge in [0.15, 0.2) is 17.3 Å². The average molecular weight is 278 g/mol. The zero-order valence-corrected chi connectivity index (χ0v) is 10.6. The first-order valence-corrected chi connectivity index (χ1v) is 5.76. The fraction of sp³-hybridized carbons (Fsp3) is 0.0714. The van der Waals surface area contributed by atoms with Crippen molar-refractivity contribution in [3.8, 4) is 11.5 Å². The van der Waals surface area contributed by atoms with Gasteiger partial charge in [-0.2, -0.15) is 0 Å². The van der Waals surface area contributed by atoms with Gasteiger partial charge in [-0.05, 0) is 12.1 Å². The van der Waals surface area contributed by atoms with Crippen molar-refractivity contribution in [1.29, 1.82) is 0 Å². The number of hydrogen-bond donors (Lipinski definition) is 2. The number of amides is 1. The average Bonchev–Trinajstić information content (AvgIpc) is 2.37. The number of carbonyl (C=O) groups is 1. The normalized spacial score (nSPS) is 10.2. The number of nitrogens with two attached hydrogens (primary N) is 1. The molecular weight excluding hydrogens is 266 g/mol. The molecular formula is C14H12F2N2O2. The van der Waals surface area contributed by atoms with E-state index < -0.39 is 11.6 Å². The van der Waals surface area contributed by atoms with Crippen LogP contribution in [0.25, 0.3) is 0 Å². The third-order valence-corrected chi connectivity index (χ3v) is 2.47. The van der Waals surface area contributed by atoms with E-state index in [0.717, 1.165) is 6.07 Å². The van der Waals surface area contributed by atoms with Crippen LogP contribution in [0.4, 0.5) is 20.2 Å². The number of hydrogen-bond acceptors (Lipinski definition) is 3. The van der Waals surface area contributed by atoms with Crippen molar-refractivity contribution in [3.05, 3.63) is 48.0 Å². The minimum absolute atomic E-state index is 0.152. The number of nitrogen functional groups attached to an aromatic ring is 1. The standard InChI is InChI=1S/C14H12F2N2O2/c1-8(19)18-11-4-2-3-5-12(11)20-13-7-9(15)6-10(16)14(13)17/h2-7H,17H2,1H3,(H,18,19). The highest BCUT2D eigenvalue weighted by molar-refractivity contribution is 5.90. The van der Waals surface area contributed by atoms with Crippen molar-refractivity contribution in [2.45, 2.75) is 6.92 Å². The number of ether oxygens (including phenoxy) is 1. The summed E-state index contributed by atoms with van der Waals surface area (Å²) >= 11 is 0. The first-order valence-electron chi connectivity index (χ1n) is 5.76. The van der Waals surface area contributed by atoms with E-state index in [0.29, 0.717) is 11.8 Å². The van der Waals surface area contributed by atoms with E-state index in [2.05, 4.69) is 5.32 Å². The third kappa shape index (κ3) is 3.03. The van der Waals surface area contributed by atoms with Crippen LogP contribution in [0.3, 0.4) is 0 Å². The number of nitrogens with one attached hydrogen (secondary N) is 1. The van der Waals surface area contributed by atoms with Gasteiger partial charge < -0.3 is 15.8 Å².